The Morgan fingerprint density at radius 2 is 1.94 bits per heavy atom. The lowest BCUT2D eigenvalue weighted by molar-refractivity contribution is -0.113. The van der Waals surface area contributed by atoms with Gasteiger partial charge in [-0.3, -0.25) is 4.79 Å². The van der Waals surface area contributed by atoms with Crippen LogP contribution in [0.1, 0.15) is 50.1 Å². The highest BCUT2D eigenvalue weighted by atomic mass is 35.5. The van der Waals surface area contributed by atoms with Gasteiger partial charge in [-0.15, -0.1) is 10.2 Å². The fourth-order valence-corrected chi connectivity index (χ4v) is 4.44. The van der Waals surface area contributed by atoms with Gasteiger partial charge in [0.05, 0.1) is 12.4 Å². The minimum absolute atomic E-state index is 0.0590. The van der Waals surface area contributed by atoms with Gasteiger partial charge >= 0.3 is 0 Å². The van der Waals surface area contributed by atoms with Gasteiger partial charge in [0.1, 0.15) is 11.6 Å². The number of aromatic nitrogens is 3. The number of benzene rings is 2. The second kappa shape index (κ2) is 12.1. The molecule has 1 aromatic heterocycles. The van der Waals surface area contributed by atoms with Crippen LogP contribution < -0.4 is 10.1 Å². The predicted molar refractivity (Wildman–Crippen MR) is 136 cm³/mol. The minimum Gasteiger partial charge on any atom is -0.493 e. The van der Waals surface area contributed by atoms with Crippen molar-refractivity contribution in [2.45, 2.75) is 58.2 Å². The lowest BCUT2D eigenvalue weighted by atomic mass is 10.0. The summed E-state index contributed by atoms with van der Waals surface area (Å²) in [5.41, 5.74) is 3.07. The minimum atomic E-state index is -0.0590. The predicted octanol–water partition coefficient (Wildman–Crippen LogP) is 6.13. The van der Waals surface area contributed by atoms with Gasteiger partial charge in [0.2, 0.25) is 5.91 Å². The van der Waals surface area contributed by atoms with Gasteiger partial charge in [-0.2, -0.15) is 0 Å². The number of carbonyl (C=O) groups excluding carboxylic acids is 1. The van der Waals surface area contributed by atoms with E-state index in [1.54, 1.807) is 0 Å². The Bertz CT molecular complexity index is 1070. The number of nitrogens with one attached hydrogen (secondary N) is 1. The van der Waals surface area contributed by atoms with Crippen molar-refractivity contribution in [2.75, 3.05) is 17.7 Å². The summed E-state index contributed by atoms with van der Waals surface area (Å²) in [7, 11) is 0. The zero-order chi connectivity index (χ0) is 23.8. The Hall–Kier alpha value is -2.51. The summed E-state index contributed by atoms with van der Waals surface area (Å²) in [4.78, 5) is 12.4. The molecule has 3 aromatic rings. The largest absolute Gasteiger partial charge is 0.493 e. The molecule has 0 atom stereocenters. The number of halogens is 1. The van der Waals surface area contributed by atoms with Gasteiger partial charge in [0.15, 0.2) is 5.16 Å². The molecule has 33 heavy (non-hydrogen) atoms. The first-order valence-corrected chi connectivity index (χ1v) is 12.6. The average molecular weight is 487 g/mol. The average Bonchev–Trinajstić information content (AvgIpc) is 3.18. The summed E-state index contributed by atoms with van der Waals surface area (Å²) in [5.74, 6) is 2.44. The normalized spacial score (nSPS) is 11.1. The van der Waals surface area contributed by atoms with Crippen LogP contribution >= 0.6 is 23.4 Å². The molecule has 0 bridgehead atoms. The van der Waals surface area contributed by atoms with E-state index in [-0.39, 0.29) is 11.7 Å². The standard InChI is InChI=1S/C25H31ClN4O2S/c1-5-30-23(7-6-14-32-22-13-10-20(26)15-18(22)4)28-29-25(30)33-16-24(31)27-21-11-8-19(9-12-21)17(2)3/h8-13,15,17H,5-7,14,16H2,1-4H3,(H,27,31). The molecule has 0 saturated heterocycles. The van der Waals surface area contributed by atoms with Crippen LogP contribution in [0.4, 0.5) is 5.69 Å². The van der Waals surface area contributed by atoms with Crippen molar-refractivity contribution >= 4 is 35.0 Å². The summed E-state index contributed by atoms with van der Waals surface area (Å²) in [5, 5.41) is 13.0. The summed E-state index contributed by atoms with van der Waals surface area (Å²) < 4.78 is 7.93. The van der Waals surface area contributed by atoms with E-state index >= 15 is 0 Å². The molecular weight excluding hydrogens is 456 g/mol. The smallest absolute Gasteiger partial charge is 0.234 e. The lowest BCUT2D eigenvalue weighted by Crippen LogP contribution is -2.15. The number of anilines is 1. The molecule has 1 N–H and O–H groups in total. The highest BCUT2D eigenvalue weighted by Crippen LogP contribution is 2.23. The Labute approximate surface area is 205 Å². The molecule has 1 amide bonds. The molecule has 0 aliphatic carbocycles. The van der Waals surface area contributed by atoms with E-state index in [0.717, 1.165) is 47.4 Å². The van der Waals surface area contributed by atoms with Crippen molar-refractivity contribution in [1.29, 1.82) is 0 Å². The Balaban J connectivity index is 1.47. The monoisotopic (exact) mass is 486 g/mol. The fourth-order valence-electron chi connectivity index (χ4n) is 3.39. The van der Waals surface area contributed by atoms with Gasteiger partial charge in [-0.25, -0.2) is 0 Å². The lowest BCUT2D eigenvalue weighted by Gasteiger charge is -2.10. The van der Waals surface area contributed by atoms with E-state index in [0.29, 0.717) is 17.5 Å². The molecule has 0 unspecified atom stereocenters. The first-order chi connectivity index (χ1) is 15.9. The van der Waals surface area contributed by atoms with Crippen molar-refractivity contribution in [1.82, 2.24) is 14.8 Å². The molecule has 3 rings (SSSR count). The fraction of sp³-hybridized carbons (Fsp3) is 0.400. The molecule has 1 heterocycles. The number of nitrogens with zero attached hydrogens (tertiary/aromatic N) is 3. The maximum Gasteiger partial charge on any atom is 0.234 e. The molecule has 2 aromatic carbocycles. The molecule has 0 aliphatic rings. The number of hydrogen-bond acceptors (Lipinski definition) is 5. The van der Waals surface area contributed by atoms with E-state index in [4.69, 9.17) is 16.3 Å². The SMILES string of the molecule is CCn1c(CCCOc2ccc(Cl)cc2C)nnc1SCC(=O)Nc1ccc(C(C)C)cc1. The van der Waals surface area contributed by atoms with E-state index in [1.807, 2.05) is 49.4 Å². The van der Waals surface area contributed by atoms with Crippen molar-refractivity contribution < 1.29 is 9.53 Å². The van der Waals surface area contributed by atoms with Gasteiger partial charge in [0, 0.05) is 23.7 Å². The maximum atomic E-state index is 12.4. The second-order valence-electron chi connectivity index (χ2n) is 8.12. The summed E-state index contributed by atoms with van der Waals surface area (Å²) >= 11 is 7.40. The van der Waals surface area contributed by atoms with E-state index in [2.05, 4.69) is 40.9 Å². The quantitative estimate of drug-likeness (QED) is 0.261. The van der Waals surface area contributed by atoms with Gasteiger partial charge < -0.3 is 14.6 Å². The number of aryl methyl sites for hydroxylation is 2. The van der Waals surface area contributed by atoms with Crippen LogP contribution in [-0.4, -0.2) is 33.0 Å². The number of carbonyl (C=O) groups is 1. The van der Waals surface area contributed by atoms with Crippen LogP contribution in [0.15, 0.2) is 47.6 Å². The van der Waals surface area contributed by atoms with Crippen LogP contribution in [0.2, 0.25) is 5.02 Å². The van der Waals surface area contributed by atoms with Crippen molar-refractivity contribution in [3.05, 3.63) is 64.4 Å². The molecule has 0 radical (unpaired) electrons. The third-order valence-corrected chi connectivity index (χ3v) is 6.44. The molecule has 0 spiro atoms. The number of ether oxygens (including phenoxy) is 1. The topological polar surface area (TPSA) is 69.0 Å². The first kappa shape index (κ1) is 25.1. The third-order valence-electron chi connectivity index (χ3n) is 5.24. The van der Waals surface area contributed by atoms with Gasteiger partial charge in [0.25, 0.3) is 0 Å². The Morgan fingerprint density at radius 3 is 2.61 bits per heavy atom. The Morgan fingerprint density at radius 1 is 1.18 bits per heavy atom. The van der Waals surface area contributed by atoms with Crippen LogP contribution in [0.25, 0.3) is 0 Å². The zero-order valence-corrected chi connectivity index (χ0v) is 21.2. The van der Waals surface area contributed by atoms with Gasteiger partial charge in [-0.1, -0.05) is 49.3 Å². The number of thioether (sulfide) groups is 1. The molecule has 0 aliphatic heterocycles. The molecule has 8 heteroatoms. The van der Waals surface area contributed by atoms with Crippen LogP contribution in [0.3, 0.4) is 0 Å². The van der Waals surface area contributed by atoms with Crippen LogP contribution in [-0.2, 0) is 17.8 Å². The first-order valence-electron chi connectivity index (χ1n) is 11.2. The molecule has 0 fully saturated rings. The van der Waals surface area contributed by atoms with E-state index in [9.17, 15) is 4.79 Å². The molecule has 0 saturated carbocycles. The van der Waals surface area contributed by atoms with Crippen molar-refractivity contribution in [3.63, 3.8) is 0 Å². The Kier molecular flexibility index (Phi) is 9.21. The molecule has 6 nitrogen and oxygen atoms in total. The second-order valence-corrected chi connectivity index (χ2v) is 9.50. The maximum absolute atomic E-state index is 12.4. The number of hydrogen-bond donors (Lipinski definition) is 1. The highest BCUT2D eigenvalue weighted by molar-refractivity contribution is 7.99. The highest BCUT2D eigenvalue weighted by Gasteiger charge is 2.13. The van der Waals surface area contributed by atoms with Crippen molar-refractivity contribution in [2.24, 2.45) is 0 Å². The summed E-state index contributed by atoms with van der Waals surface area (Å²) in [6, 6.07) is 13.6. The van der Waals surface area contributed by atoms with Gasteiger partial charge in [-0.05, 0) is 67.6 Å². The molecular formula is C25H31ClN4O2S. The summed E-state index contributed by atoms with van der Waals surface area (Å²) in [6.45, 7) is 9.67. The summed E-state index contributed by atoms with van der Waals surface area (Å²) in [6.07, 6.45) is 1.57. The number of amides is 1. The third kappa shape index (κ3) is 7.24. The van der Waals surface area contributed by atoms with Crippen molar-refractivity contribution in [3.8, 4) is 5.75 Å². The molecule has 176 valence electrons. The van der Waals surface area contributed by atoms with Crippen LogP contribution in [0.5, 0.6) is 5.75 Å². The number of rotatable bonds is 11. The zero-order valence-electron chi connectivity index (χ0n) is 19.6. The van der Waals surface area contributed by atoms with E-state index < -0.39 is 0 Å². The van der Waals surface area contributed by atoms with E-state index in [1.165, 1.54) is 17.3 Å². The van der Waals surface area contributed by atoms with Crippen LogP contribution in [0, 0.1) is 6.92 Å².